The van der Waals surface area contributed by atoms with Crippen LogP contribution in [0, 0.1) is 6.92 Å². The highest BCUT2D eigenvalue weighted by Crippen LogP contribution is 2.19. The third-order valence-electron chi connectivity index (χ3n) is 3.26. The summed E-state index contributed by atoms with van der Waals surface area (Å²) in [6, 6.07) is 6.93. The van der Waals surface area contributed by atoms with E-state index < -0.39 is 18.1 Å². The summed E-state index contributed by atoms with van der Waals surface area (Å²) in [5.74, 6) is 0. The van der Waals surface area contributed by atoms with Gasteiger partial charge in [0.15, 0.2) is 0 Å². The zero-order chi connectivity index (χ0) is 14.8. The van der Waals surface area contributed by atoms with E-state index in [1.54, 1.807) is 25.4 Å². The molecule has 1 aromatic rings. The normalized spacial score (nSPS) is 13.5. The van der Waals surface area contributed by atoms with E-state index in [9.17, 15) is 8.42 Å². The molecule has 0 aromatic heterocycles. The van der Waals surface area contributed by atoms with Crippen molar-refractivity contribution < 1.29 is 8.42 Å². The largest absolute Gasteiger partial charge is 0.277 e. The molecule has 0 heterocycles. The van der Waals surface area contributed by atoms with Gasteiger partial charge in [-0.2, -0.15) is 0 Å². The van der Waals surface area contributed by atoms with Crippen molar-refractivity contribution in [2.45, 2.75) is 38.4 Å². The molecule has 5 heteroatoms. The quantitative estimate of drug-likeness (QED) is 0.799. The van der Waals surface area contributed by atoms with Crippen LogP contribution in [0.5, 0.6) is 0 Å². The summed E-state index contributed by atoms with van der Waals surface area (Å²) >= 11 is 0. The smallest absolute Gasteiger partial charge is 0.263 e. The molecule has 1 aromatic carbocycles. The summed E-state index contributed by atoms with van der Waals surface area (Å²) in [6.45, 7) is 10.5. The van der Waals surface area contributed by atoms with Crippen LogP contribution in [0.25, 0.3) is 0 Å². The fourth-order valence-electron chi connectivity index (χ4n) is 1.41. The van der Waals surface area contributed by atoms with Gasteiger partial charge in [-0.3, -0.25) is 4.31 Å². The van der Waals surface area contributed by atoms with Crippen LogP contribution in [0.4, 0.5) is 0 Å². The van der Waals surface area contributed by atoms with Crippen LogP contribution in [0.1, 0.15) is 12.5 Å². The van der Waals surface area contributed by atoms with Crippen LogP contribution in [0.2, 0.25) is 19.6 Å². The van der Waals surface area contributed by atoms with Crippen molar-refractivity contribution in [2.75, 3.05) is 7.05 Å². The first-order valence-electron chi connectivity index (χ1n) is 6.29. The second-order valence-electron chi connectivity index (χ2n) is 5.90. The van der Waals surface area contributed by atoms with E-state index in [0.29, 0.717) is 4.90 Å². The van der Waals surface area contributed by atoms with Crippen molar-refractivity contribution >= 4 is 18.1 Å². The number of aryl methyl sites for hydroxylation is 1. The van der Waals surface area contributed by atoms with Gasteiger partial charge in [-0.25, -0.2) is 8.42 Å². The SMILES string of the molecule is C/C(=C\N(C)S(=O)(=O)c1ccc(C)cc1)[Si](C)(C)C. The summed E-state index contributed by atoms with van der Waals surface area (Å²) in [4.78, 5) is 0.334. The lowest BCUT2D eigenvalue weighted by Crippen LogP contribution is -2.27. The molecular weight excluding hydrogens is 274 g/mol. The van der Waals surface area contributed by atoms with Gasteiger partial charge in [0.05, 0.1) is 13.0 Å². The van der Waals surface area contributed by atoms with Crippen molar-refractivity contribution in [1.29, 1.82) is 0 Å². The van der Waals surface area contributed by atoms with Crippen LogP contribution in [-0.2, 0) is 10.0 Å². The van der Waals surface area contributed by atoms with E-state index in [2.05, 4.69) is 19.6 Å². The molecule has 3 nitrogen and oxygen atoms in total. The molecule has 0 fully saturated rings. The number of sulfonamides is 1. The summed E-state index contributed by atoms with van der Waals surface area (Å²) < 4.78 is 26.1. The van der Waals surface area contributed by atoms with Crippen molar-refractivity contribution in [2.24, 2.45) is 0 Å². The predicted molar refractivity (Wildman–Crippen MR) is 83.2 cm³/mol. The lowest BCUT2D eigenvalue weighted by molar-refractivity contribution is 0.538. The van der Waals surface area contributed by atoms with Crippen molar-refractivity contribution in [3.05, 3.63) is 41.2 Å². The van der Waals surface area contributed by atoms with Crippen LogP contribution in [0.3, 0.4) is 0 Å². The Hall–Kier alpha value is -1.07. The monoisotopic (exact) mass is 297 g/mol. The Balaban J connectivity index is 3.11. The van der Waals surface area contributed by atoms with E-state index in [4.69, 9.17) is 0 Å². The minimum Gasteiger partial charge on any atom is -0.277 e. The zero-order valence-corrected chi connectivity index (χ0v) is 14.4. The number of rotatable bonds is 4. The molecule has 0 N–H and O–H groups in total. The van der Waals surface area contributed by atoms with Crippen molar-refractivity contribution in [3.8, 4) is 0 Å². The number of hydrogen-bond acceptors (Lipinski definition) is 2. The fraction of sp³-hybridized carbons (Fsp3) is 0.429. The van der Waals surface area contributed by atoms with Crippen molar-refractivity contribution in [1.82, 2.24) is 4.31 Å². The van der Waals surface area contributed by atoms with Gasteiger partial charge in [0, 0.05) is 13.2 Å². The van der Waals surface area contributed by atoms with Gasteiger partial charge in [-0.15, -0.1) is 0 Å². The summed E-state index contributed by atoms with van der Waals surface area (Å²) in [5.41, 5.74) is 1.05. The third-order valence-corrected chi connectivity index (χ3v) is 7.48. The van der Waals surface area contributed by atoms with Crippen LogP contribution >= 0.6 is 0 Å². The summed E-state index contributed by atoms with van der Waals surface area (Å²) in [7, 11) is -3.29. The molecule has 19 heavy (non-hydrogen) atoms. The molecule has 106 valence electrons. The molecule has 0 radical (unpaired) electrons. The van der Waals surface area contributed by atoms with E-state index in [1.165, 1.54) is 4.31 Å². The van der Waals surface area contributed by atoms with Gasteiger partial charge >= 0.3 is 0 Å². The second-order valence-corrected chi connectivity index (χ2v) is 13.2. The Morgan fingerprint density at radius 3 is 2.05 bits per heavy atom. The zero-order valence-electron chi connectivity index (χ0n) is 12.6. The molecule has 0 saturated heterocycles. The first kappa shape index (κ1) is 16.0. The Kier molecular flexibility index (Phi) is 4.63. The maximum atomic E-state index is 12.4. The molecule has 0 atom stereocenters. The van der Waals surface area contributed by atoms with Crippen molar-refractivity contribution in [3.63, 3.8) is 0 Å². The molecule has 0 aliphatic heterocycles. The predicted octanol–water partition coefficient (Wildman–Crippen LogP) is 3.40. The molecular formula is C14H23NO2SSi. The lowest BCUT2D eigenvalue weighted by Gasteiger charge is -2.22. The van der Waals surface area contributed by atoms with E-state index in [1.807, 2.05) is 26.0 Å². The minimum absolute atomic E-state index is 0.334. The maximum Gasteiger partial charge on any atom is 0.263 e. The Morgan fingerprint density at radius 2 is 1.63 bits per heavy atom. The highest BCUT2D eigenvalue weighted by atomic mass is 32.2. The van der Waals surface area contributed by atoms with Gasteiger partial charge < -0.3 is 0 Å². The van der Waals surface area contributed by atoms with E-state index >= 15 is 0 Å². The molecule has 1 rings (SSSR count). The van der Waals surface area contributed by atoms with Gasteiger partial charge in [0.25, 0.3) is 10.0 Å². The van der Waals surface area contributed by atoms with Gasteiger partial charge in [0.1, 0.15) is 0 Å². The topological polar surface area (TPSA) is 37.4 Å². The first-order valence-corrected chi connectivity index (χ1v) is 11.2. The highest BCUT2D eigenvalue weighted by molar-refractivity contribution is 7.89. The minimum atomic E-state index is -3.43. The van der Waals surface area contributed by atoms with Crippen LogP contribution < -0.4 is 0 Å². The van der Waals surface area contributed by atoms with Gasteiger partial charge in [-0.1, -0.05) is 42.5 Å². The molecule has 0 bridgehead atoms. The second kappa shape index (κ2) is 5.51. The maximum absolute atomic E-state index is 12.4. The average molecular weight is 297 g/mol. The Morgan fingerprint density at radius 1 is 1.16 bits per heavy atom. The molecule has 0 aliphatic carbocycles. The third kappa shape index (κ3) is 3.94. The molecule has 0 spiro atoms. The molecule has 0 unspecified atom stereocenters. The fourth-order valence-corrected chi connectivity index (χ4v) is 3.20. The average Bonchev–Trinajstić information content (AvgIpc) is 2.28. The number of benzene rings is 1. The molecule has 0 saturated carbocycles. The van der Waals surface area contributed by atoms with Crippen LogP contribution in [0.15, 0.2) is 40.6 Å². The lowest BCUT2D eigenvalue weighted by atomic mass is 10.2. The van der Waals surface area contributed by atoms with E-state index in [-0.39, 0.29) is 0 Å². The summed E-state index contributed by atoms with van der Waals surface area (Å²) in [5, 5.41) is 1.16. The Bertz CT molecular complexity index is 568. The van der Waals surface area contributed by atoms with Gasteiger partial charge in [-0.05, 0) is 26.0 Å². The summed E-state index contributed by atoms with van der Waals surface area (Å²) in [6.07, 6.45) is 1.75. The number of hydrogen-bond donors (Lipinski definition) is 0. The number of allylic oxidation sites excluding steroid dienone is 1. The van der Waals surface area contributed by atoms with Crippen LogP contribution in [-0.4, -0.2) is 27.8 Å². The molecule has 0 amide bonds. The number of nitrogens with zero attached hydrogens (tertiary/aromatic N) is 1. The first-order chi connectivity index (χ1) is 8.55. The standard InChI is InChI=1S/C14H23NO2SSi/c1-12-7-9-14(10-8-12)18(16,17)15(3)11-13(2)19(4,5)6/h7-11H,1-6H3/b13-11+. The highest BCUT2D eigenvalue weighted by Gasteiger charge is 2.21. The Labute approximate surface area is 118 Å². The van der Waals surface area contributed by atoms with Gasteiger partial charge in [0.2, 0.25) is 0 Å². The molecule has 0 aliphatic rings. The van der Waals surface area contributed by atoms with E-state index in [0.717, 1.165) is 10.8 Å².